The van der Waals surface area contributed by atoms with Crippen LogP contribution in [0.4, 0.5) is 10.3 Å². The molecule has 1 N–H and O–H groups in total. The first-order valence-corrected chi connectivity index (χ1v) is 7.94. The highest BCUT2D eigenvalue weighted by atomic mass is 19.1. The highest BCUT2D eigenvalue weighted by molar-refractivity contribution is 5.78. The molecule has 2 aromatic heterocycles. The molecule has 0 atom stereocenters. The molecule has 4 rings (SSSR count). The van der Waals surface area contributed by atoms with E-state index in [1.54, 1.807) is 17.7 Å². The van der Waals surface area contributed by atoms with Gasteiger partial charge in [0.05, 0.1) is 18.1 Å². The summed E-state index contributed by atoms with van der Waals surface area (Å²) < 4.78 is 20.4. The van der Waals surface area contributed by atoms with Crippen molar-refractivity contribution in [2.75, 3.05) is 12.4 Å². The lowest BCUT2D eigenvalue weighted by Gasteiger charge is -2.08. The second-order valence-corrected chi connectivity index (χ2v) is 5.52. The monoisotopic (exact) mass is 350 g/mol. The first-order valence-electron chi connectivity index (χ1n) is 7.94. The van der Waals surface area contributed by atoms with Gasteiger partial charge in [-0.3, -0.25) is 0 Å². The Balaban J connectivity index is 1.66. The Kier molecular flexibility index (Phi) is 4.14. The predicted octanol–water partition coefficient (Wildman–Crippen LogP) is 2.97. The van der Waals surface area contributed by atoms with Crippen LogP contribution in [0.15, 0.2) is 54.9 Å². The summed E-state index contributed by atoms with van der Waals surface area (Å²) in [6.45, 7) is 0.392. The fourth-order valence-corrected chi connectivity index (χ4v) is 2.64. The summed E-state index contributed by atoms with van der Waals surface area (Å²) in [5.74, 6) is 0.474. The number of rotatable bonds is 5. The van der Waals surface area contributed by atoms with Gasteiger partial charge in [0, 0.05) is 6.54 Å². The summed E-state index contributed by atoms with van der Waals surface area (Å²) >= 11 is 0. The molecule has 4 aromatic rings. The Morgan fingerprint density at radius 2 is 1.96 bits per heavy atom. The first-order chi connectivity index (χ1) is 12.7. The van der Waals surface area contributed by atoms with Gasteiger partial charge in [-0.25, -0.2) is 18.9 Å². The van der Waals surface area contributed by atoms with Crippen LogP contribution in [0.1, 0.15) is 5.56 Å². The van der Waals surface area contributed by atoms with Gasteiger partial charge in [0.2, 0.25) is 11.9 Å². The number of ether oxygens (including phenoxy) is 1. The van der Waals surface area contributed by atoms with Crippen LogP contribution in [0, 0.1) is 5.82 Å². The lowest BCUT2D eigenvalue weighted by Crippen LogP contribution is -2.09. The molecule has 7 nitrogen and oxygen atoms in total. The molecule has 0 bridgehead atoms. The normalized spacial score (nSPS) is 10.8. The molecule has 0 spiro atoms. The average Bonchev–Trinajstić information content (AvgIpc) is 3.05. The third-order valence-corrected chi connectivity index (χ3v) is 3.81. The van der Waals surface area contributed by atoms with E-state index in [0.717, 1.165) is 16.6 Å². The third kappa shape index (κ3) is 3.04. The van der Waals surface area contributed by atoms with E-state index < -0.39 is 0 Å². The number of hydrogen-bond donors (Lipinski definition) is 1. The molecule has 0 fully saturated rings. The van der Waals surface area contributed by atoms with Crippen LogP contribution in [0.2, 0.25) is 0 Å². The average molecular weight is 350 g/mol. The summed E-state index contributed by atoms with van der Waals surface area (Å²) in [6.07, 6.45) is 1.41. The van der Waals surface area contributed by atoms with E-state index in [4.69, 9.17) is 4.74 Å². The molecule has 0 amide bonds. The van der Waals surface area contributed by atoms with Crippen molar-refractivity contribution in [3.8, 4) is 12.0 Å². The first kappa shape index (κ1) is 15.9. The molecule has 0 saturated heterocycles. The topological polar surface area (TPSA) is 77.8 Å². The minimum atomic E-state index is -0.282. The molecule has 0 radical (unpaired) electrons. The summed E-state index contributed by atoms with van der Waals surface area (Å²) in [7, 11) is 1.54. The number of anilines is 1. The van der Waals surface area contributed by atoms with E-state index in [1.807, 2.05) is 30.3 Å². The van der Waals surface area contributed by atoms with Gasteiger partial charge in [-0.1, -0.05) is 24.3 Å². The van der Waals surface area contributed by atoms with Crippen molar-refractivity contribution in [2.24, 2.45) is 0 Å². The van der Waals surface area contributed by atoms with Gasteiger partial charge in [0.1, 0.15) is 12.1 Å². The van der Waals surface area contributed by atoms with Gasteiger partial charge in [-0.05, 0) is 29.8 Å². The molecule has 0 saturated carbocycles. The quantitative estimate of drug-likeness (QED) is 0.596. The lowest BCUT2D eigenvalue weighted by molar-refractivity contribution is 0.374. The second kappa shape index (κ2) is 6.75. The van der Waals surface area contributed by atoms with Crippen LogP contribution in [0.3, 0.4) is 0 Å². The molecule has 0 aliphatic heterocycles. The van der Waals surface area contributed by atoms with E-state index in [1.165, 1.54) is 18.5 Å². The van der Waals surface area contributed by atoms with Crippen molar-refractivity contribution in [2.45, 2.75) is 6.54 Å². The maximum Gasteiger partial charge on any atom is 0.304 e. The number of halogens is 1. The second-order valence-electron chi connectivity index (χ2n) is 5.52. The summed E-state index contributed by atoms with van der Waals surface area (Å²) in [6, 6.07) is 14.3. The minimum Gasteiger partial charge on any atom is -0.468 e. The van der Waals surface area contributed by atoms with Crippen LogP contribution in [-0.4, -0.2) is 31.6 Å². The van der Waals surface area contributed by atoms with Gasteiger partial charge >= 0.3 is 6.01 Å². The van der Waals surface area contributed by atoms with Gasteiger partial charge < -0.3 is 10.1 Å². The molecular formula is C18H15FN6O. The van der Waals surface area contributed by atoms with E-state index in [2.05, 4.69) is 25.3 Å². The van der Waals surface area contributed by atoms with E-state index in [-0.39, 0.29) is 5.82 Å². The fourth-order valence-electron chi connectivity index (χ4n) is 2.64. The Morgan fingerprint density at radius 1 is 1.08 bits per heavy atom. The molecule has 26 heavy (non-hydrogen) atoms. The Hall–Kier alpha value is -3.55. The molecule has 0 aliphatic rings. The molecular weight excluding hydrogens is 335 g/mol. The summed E-state index contributed by atoms with van der Waals surface area (Å²) in [4.78, 5) is 17.2. The predicted molar refractivity (Wildman–Crippen MR) is 94.7 cm³/mol. The number of benzene rings is 2. The van der Waals surface area contributed by atoms with Crippen LogP contribution in [0.25, 0.3) is 17.0 Å². The van der Waals surface area contributed by atoms with E-state index in [0.29, 0.717) is 24.5 Å². The van der Waals surface area contributed by atoms with Crippen molar-refractivity contribution in [1.82, 2.24) is 24.5 Å². The highest BCUT2D eigenvalue weighted by Gasteiger charge is 2.15. The molecule has 2 heterocycles. The molecule has 8 heteroatoms. The molecule has 2 aromatic carbocycles. The SMILES string of the molecule is COc1nc2ccccc2n1-c1ncnc(NCc2cccc(F)c2)n1. The molecule has 0 unspecified atom stereocenters. The summed E-state index contributed by atoms with van der Waals surface area (Å²) in [5.41, 5.74) is 2.39. The summed E-state index contributed by atoms with van der Waals surface area (Å²) in [5, 5.41) is 3.07. The number of methoxy groups -OCH3 is 1. The van der Waals surface area contributed by atoms with Crippen LogP contribution < -0.4 is 10.1 Å². The van der Waals surface area contributed by atoms with E-state index >= 15 is 0 Å². The maximum absolute atomic E-state index is 13.3. The fraction of sp³-hybridized carbons (Fsp3) is 0.111. The zero-order chi connectivity index (χ0) is 17.9. The number of imidazole rings is 1. The van der Waals surface area contributed by atoms with Crippen LogP contribution >= 0.6 is 0 Å². The van der Waals surface area contributed by atoms with Crippen LogP contribution in [0.5, 0.6) is 6.01 Å². The standard InChI is InChI=1S/C18H15FN6O/c1-26-18-23-14-7-2-3-8-15(14)25(18)17-22-11-21-16(24-17)20-10-12-5-4-6-13(19)9-12/h2-9,11H,10H2,1H3,(H,20,21,22,24). The Morgan fingerprint density at radius 3 is 2.81 bits per heavy atom. The largest absolute Gasteiger partial charge is 0.468 e. The van der Waals surface area contributed by atoms with Gasteiger partial charge in [-0.15, -0.1) is 0 Å². The van der Waals surface area contributed by atoms with Gasteiger partial charge in [0.15, 0.2) is 0 Å². The van der Waals surface area contributed by atoms with Crippen molar-refractivity contribution in [3.05, 3.63) is 66.2 Å². The van der Waals surface area contributed by atoms with Gasteiger partial charge in [-0.2, -0.15) is 9.97 Å². The molecule has 0 aliphatic carbocycles. The smallest absolute Gasteiger partial charge is 0.304 e. The van der Waals surface area contributed by atoms with E-state index in [9.17, 15) is 4.39 Å². The number of hydrogen-bond acceptors (Lipinski definition) is 6. The van der Waals surface area contributed by atoms with Crippen molar-refractivity contribution in [1.29, 1.82) is 0 Å². The number of nitrogens with one attached hydrogen (secondary N) is 1. The van der Waals surface area contributed by atoms with Gasteiger partial charge in [0.25, 0.3) is 0 Å². The Labute approximate surface area is 148 Å². The maximum atomic E-state index is 13.3. The van der Waals surface area contributed by atoms with Crippen molar-refractivity contribution in [3.63, 3.8) is 0 Å². The Bertz CT molecular complexity index is 1060. The zero-order valence-corrected chi connectivity index (χ0v) is 13.9. The number of aromatic nitrogens is 5. The third-order valence-electron chi connectivity index (χ3n) is 3.81. The number of nitrogens with zero attached hydrogens (tertiary/aromatic N) is 5. The minimum absolute atomic E-state index is 0.282. The highest BCUT2D eigenvalue weighted by Crippen LogP contribution is 2.24. The lowest BCUT2D eigenvalue weighted by atomic mass is 10.2. The van der Waals surface area contributed by atoms with Crippen LogP contribution in [-0.2, 0) is 6.54 Å². The van der Waals surface area contributed by atoms with Crippen molar-refractivity contribution >= 4 is 17.0 Å². The number of para-hydroxylation sites is 2. The molecule has 130 valence electrons. The van der Waals surface area contributed by atoms with Crippen molar-refractivity contribution < 1.29 is 9.13 Å². The number of fused-ring (bicyclic) bond motifs is 1. The zero-order valence-electron chi connectivity index (χ0n) is 13.9.